The maximum absolute atomic E-state index is 8.26. The van der Waals surface area contributed by atoms with Gasteiger partial charge in [0, 0.05) is 0 Å². The Morgan fingerprint density at radius 2 is 0.688 bits per heavy atom. The molecule has 0 saturated carbocycles. The van der Waals surface area contributed by atoms with Gasteiger partial charge >= 0.3 is 36.6 Å². The zero-order valence-electron chi connectivity index (χ0n) is 19.9. The summed E-state index contributed by atoms with van der Waals surface area (Å²) in [6, 6.07) is 0. The summed E-state index contributed by atoms with van der Waals surface area (Å²) in [4.78, 5) is 45.3. The molecular weight excluding hydrogens is 574 g/mol. The van der Waals surface area contributed by atoms with Crippen LogP contribution in [0.2, 0.25) is 0 Å². The molecular formula is C20H48MoO7P2S2-2. The van der Waals surface area contributed by atoms with Gasteiger partial charge in [0.15, 0.2) is 0 Å². The Balaban J connectivity index is -0.000000103. The van der Waals surface area contributed by atoms with Crippen LogP contribution in [0, 0.1) is 13.8 Å². The van der Waals surface area contributed by atoms with Crippen LogP contribution in [0.1, 0.15) is 117 Å². The van der Waals surface area contributed by atoms with Crippen molar-refractivity contribution in [1.82, 2.24) is 0 Å². The zero-order valence-corrected chi connectivity index (χ0v) is 25.4. The van der Waals surface area contributed by atoms with Crippen molar-refractivity contribution in [1.29, 1.82) is 0 Å². The van der Waals surface area contributed by atoms with Crippen molar-refractivity contribution >= 4 is 37.1 Å². The van der Waals surface area contributed by atoms with Gasteiger partial charge in [0.25, 0.3) is 0 Å². The Bertz CT molecular complexity index is 343. The third kappa shape index (κ3) is 122. The first-order valence-electron chi connectivity index (χ1n) is 11.1. The molecule has 6 N–H and O–H groups in total. The summed E-state index contributed by atoms with van der Waals surface area (Å²) in [5.41, 5.74) is 0. The standard InChI is InChI=1S/2C10H21.Mo.2H3O3PS.O/c2*1-3-5-7-9-10-8-6-4-2;;2*1-4(2,3)5;/h2*1,3-10H2,2H3;;2*(H3,1,2,3,5);/q2*-1;;;;. The molecule has 200 valence electrons. The van der Waals surface area contributed by atoms with Gasteiger partial charge in [0.1, 0.15) is 0 Å². The average Bonchev–Trinajstić information content (AvgIpc) is 2.67. The molecule has 7 nitrogen and oxygen atoms in total. The minimum atomic E-state index is -3.81. The monoisotopic (exact) mass is 624 g/mol. The normalized spacial score (nSPS) is 10.2. The predicted octanol–water partition coefficient (Wildman–Crippen LogP) is 6.18. The topological polar surface area (TPSA) is 138 Å². The molecule has 12 heteroatoms. The quantitative estimate of drug-likeness (QED) is 0.0581. The van der Waals surface area contributed by atoms with Crippen molar-refractivity contribution < 1.29 is 52.5 Å². The molecule has 0 aliphatic heterocycles. The first-order valence-corrected chi connectivity index (χ1v) is 17.3. The Morgan fingerprint density at radius 1 is 0.531 bits per heavy atom. The second-order valence-corrected chi connectivity index (χ2v) is 12.0. The van der Waals surface area contributed by atoms with Gasteiger partial charge in [-0.1, -0.05) is 104 Å². The number of hydrogen-bond acceptors (Lipinski definition) is 3. The van der Waals surface area contributed by atoms with Gasteiger partial charge in [-0.15, -0.1) is 0 Å². The Kier molecular flexibility index (Phi) is 50.6. The summed E-state index contributed by atoms with van der Waals surface area (Å²) in [6.45, 7) is 4.55. The fourth-order valence-electron chi connectivity index (χ4n) is 2.27. The van der Waals surface area contributed by atoms with E-state index in [1.165, 1.54) is 89.9 Å². The van der Waals surface area contributed by atoms with Gasteiger partial charge in [-0.2, -0.15) is 12.8 Å². The third-order valence-electron chi connectivity index (χ3n) is 3.71. The molecule has 0 aromatic rings. The van der Waals surface area contributed by atoms with Gasteiger partial charge in [-0.3, -0.25) is 0 Å². The first kappa shape index (κ1) is 43.6. The van der Waals surface area contributed by atoms with Crippen molar-refractivity contribution in [3.8, 4) is 0 Å². The van der Waals surface area contributed by atoms with E-state index >= 15 is 0 Å². The van der Waals surface area contributed by atoms with E-state index < -0.39 is 13.4 Å². The Morgan fingerprint density at radius 3 is 0.844 bits per heavy atom. The summed E-state index contributed by atoms with van der Waals surface area (Å²) in [6.07, 6.45) is 21.8. The zero-order chi connectivity index (χ0) is 26.3. The molecule has 0 rings (SSSR count). The van der Waals surface area contributed by atoms with E-state index in [-0.39, 0.29) is 0 Å². The van der Waals surface area contributed by atoms with Gasteiger partial charge in [0.05, 0.1) is 0 Å². The van der Waals surface area contributed by atoms with Gasteiger partial charge in [0.2, 0.25) is 0 Å². The van der Waals surface area contributed by atoms with E-state index in [1.54, 1.807) is 0 Å². The number of hydrogen-bond donors (Lipinski definition) is 6. The minimum absolute atomic E-state index is 0.700. The molecule has 0 amide bonds. The third-order valence-corrected chi connectivity index (χ3v) is 3.71. The molecule has 0 saturated heterocycles. The molecule has 0 aliphatic carbocycles. The van der Waals surface area contributed by atoms with Gasteiger partial charge < -0.3 is 43.2 Å². The number of rotatable bonds is 14. The summed E-state index contributed by atoms with van der Waals surface area (Å²) < 4.78 is 8.26. The molecule has 0 atom stereocenters. The molecule has 0 radical (unpaired) electrons. The van der Waals surface area contributed by atoms with Crippen molar-refractivity contribution in [3.63, 3.8) is 0 Å². The molecule has 0 aromatic carbocycles. The molecule has 0 bridgehead atoms. The molecule has 0 heterocycles. The Labute approximate surface area is 219 Å². The van der Waals surface area contributed by atoms with E-state index in [1.807, 2.05) is 0 Å². The predicted molar refractivity (Wildman–Crippen MR) is 139 cm³/mol. The van der Waals surface area contributed by atoms with Crippen LogP contribution in [0.4, 0.5) is 0 Å². The van der Waals surface area contributed by atoms with E-state index in [2.05, 4.69) is 51.3 Å². The first-order chi connectivity index (χ1) is 14.8. The summed E-state index contributed by atoms with van der Waals surface area (Å²) in [5.74, 6) is 0. The van der Waals surface area contributed by atoms with Crippen LogP contribution in [0.15, 0.2) is 0 Å². The summed E-state index contributed by atoms with van der Waals surface area (Å²) >= 11 is 7.91. The van der Waals surface area contributed by atoms with Gasteiger partial charge in [-0.25, -0.2) is 0 Å². The average molecular weight is 623 g/mol. The molecule has 0 unspecified atom stereocenters. The summed E-state index contributed by atoms with van der Waals surface area (Å²) in [5, 5.41) is 0. The van der Waals surface area contributed by atoms with Crippen LogP contribution >= 0.6 is 13.4 Å². The van der Waals surface area contributed by atoms with Crippen molar-refractivity contribution in [2.75, 3.05) is 0 Å². The SMILES string of the molecule is OP(O)(O)=S.OP(O)(O)=S.[CH2-]CCCCCCCCC.[CH2-]CCCCCCCCC.[O]=[Mo]. The number of unbranched alkanes of at least 4 members (excludes halogenated alkanes) is 14. The van der Waals surface area contributed by atoms with Crippen LogP contribution in [0.5, 0.6) is 0 Å². The molecule has 0 fully saturated rings. The second-order valence-electron chi connectivity index (χ2n) is 6.98. The summed E-state index contributed by atoms with van der Waals surface area (Å²) in [7, 11) is 0. The van der Waals surface area contributed by atoms with Gasteiger partial charge in [-0.05, 0) is 23.6 Å². The van der Waals surface area contributed by atoms with E-state index in [0.717, 1.165) is 12.8 Å². The van der Waals surface area contributed by atoms with E-state index in [9.17, 15) is 0 Å². The fraction of sp³-hybridized carbons (Fsp3) is 0.900. The molecule has 0 spiro atoms. The molecule has 0 aliphatic rings. The maximum atomic E-state index is 8.26. The van der Waals surface area contributed by atoms with Crippen LogP contribution in [-0.2, 0) is 46.8 Å². The van der Waals surface area contributed by atoms with E-state index in [4.69, 9.17) is 32.8 Å². The molecule has 32 heavy (non-hydrogen) atoms. The van der Waals surface area contributed by atoms with Crippen molar-refractivity contribution in [2.45, 2.75) is 117 Å². The Hall–Kier alpha value is 1.55. The van der Waals surface area contributed by atoms with Crippen LogP contribution in [0.3, 0.4) is 0 Å². The van der Waals surface area contributed by atoms with Crippen LogP contribution in [0.25, 0.3) is 0 Å². The van der Waals surface area contributed by atoms with Crippen molar-refractivity contribution in [2.24, 2.45) is 0 Å². The van der Waals surface area contributed by atoms with Crippen molar-refractivity contribution in [3.05, 3.63) is 13.8 Å². The van der Waals surface area contributed by atoms with E-state index in [0.29, 0.717) is 19.8 Å². The molecule has 0 aromatic heterocycles. The fourth-order valence-corrected chi connectivity index (χ4v) is 2.27. The second kappa shape index (κ2) is 37.1. The van der Waals surface area contributed by atoms with Crippen LogP contribution in [-0.4, -0.2) is 29.4 Å². The van der Waals surface area contributed by atoms with Crippen LogP contribution < -0.4 is 0 Å².